The highest BCUT2D eigenvalue weighted by molar-refractivity contribution is 6.30. The van der Waals surface area contributed by atoms with Crippen LogP contribution in [0.3, 0.4) is 0 Å². The molecule has 4 rings (SSSR count). The molecule has 1 aliphatic carbocycles. The van der Waals surface area contributed by atoms with Crippen LogP contribution in [0.5, 0.6) is 5.75 Å². The number of amides is 1. The van der Waals surface area contributed by atoms with Gasteiger partial charge in [-0.15, -0.1) is 0 Å². The van der Waals surface area contributed by atoms with Crippen LogP contribution in [-0.4, -0.2) is 67.8 Å². The molecule has 7 nitrogen and oxygen atoms in total. The number of hydrogen-bond acceptors (Lipinski definition) is 6. The van der Waals surface area contributed by atoms with E-state index in [4.69, 9.17) is 21.1 Å². The number of halogens is 2. The molecule has 0 N–H and O–H groups in total. The third-order valence-electron chi connectivity index (χ3n) is 7.19. The van der Waals surface area contributed by atoms with Gasteiger partial charge in [-0.25, -0.2) is 14.4 Å². The maximum atomic E-state index is 14.5. The van der Waals surface area contributed by atoms with Crippen LogP contribution < -0.4 is 9.64 Å². The topological polar surface area (TPSA) is 67.8 Å². The normalized spacial score (nSPS) is 20.1. The standard InChI is InChI=1S/C26H34ClFN4O3/c1-31(10-12-34-2)25(33)14-20-3-4-22(15-24(20)28)35-11-7-19-13-23(19)18-5-8-32(9-6-18)26-29-16-21(27)17-30-26/h3-4,15-19,23H,5-14H2,1-2H3/t19-,23-/m1/s1. The van der Waals surface area contributed by atoms with Gasteiger partial charge in [-0.05, 0) is 55.1 Å². The average Bonchev–Trinajstić information content (AvgIpc) is 3.64. The Hall–Kier alpha value is -2.45. The number of anilines is 1. The first-order valence-corrected chi connectivity index (χ1v) is 12.7. The second kappa shape index (κ2) is 12.0. The Balaban J connectivity index is 1.16. The molecule has 1 aliphatic heterocycles. The largest absolute Gasteiger partial charge is 0.493 e. The zero-order chi connectivity index (χ0) is 24.8. The van der Waals surface area contributed by atoms with Gasteiger partial charge in [0, 0.05) is 39.9 Å². The molecule has 1 saturated heterocycles. The summed E-state index contributed by atoms with van der Waals surface area (Å²) >= 11 is 5.89. The Labute approximate surface area is 211 Å². The highest BCUT2D eigenvalue weighted by Crippen LogP contribution is 2.49. The molecular formula is C26H34ClFN4O3. The Bertz CT molecular complexity index is 985. The van der Waals surface area contributed by atoms with Gasteiger partial charge < -0.3 is 19.3 Å². The average molecular weight is 505 g/mol. The van der Waals surface area contributed by atoms with Crippen molar-refractivity contribution in [3.8, 4) is 5.75 Å². The minimum Gasteiger partial charge on any atom is -0.493 e. The first kappa shape index (κ1) is 25.6. The van der Waals surface area contributed by atoms with E-state index in [0.717, 1.165) is 50.1 Å². The van der Waals surface area contributed by atoms with Gasteiger partial charge in [0.1, 0.15) is 11.6 Å². The fraction of sp³-hybridized carbons (Fsp3) is 0.577. The quantitative estimate of drug-likeness (QED) is 0.456. The summed E-state index contributed by atoms with van der Waals surface area (Å²) in [5.74, 6) is 2.90. The molecule has 2 atom stereocenters. The number of nitrogens with zero attached hydrogens (tertiary/aromatic N) is 4. The molecule has 2 aromatic rings. The number of benzene rings is 1. The molecule has 35 heavy (non-hydrogen) atoms. The molecule has 9 heteroatoms. The van der Waals surface area contributed by atoms with Gasteiger partial charge in [0.25, 0.3) is 0 Å². The molecule has 190 valence electrons. The number of methoxy groups -OCH3 is 1. The number of rotatable bonds is 11. The van der Waals surface area contributed by atoms with Crippen molar-refractivity contribution in [1.29, 1.82) is 0 Å². The molecule has 2 heterocycles. The highest BCUT2D eigenvalue weighted by atomic mass is 35.5. The first-order valence-electron chi connectivity index (χ1n) is 12.3. The summed E-state index contributed by atoms with van der Waals surface area (Å²) in [6.45, 7) is 3.47. The molecular weight excluding hydrogens is 471 g/mol. The molecule has 2 aliphatic rings. The zero-order valence-electron chi connectivity index (χ0n) is 20.5. The van der Waals surface area contributed by atoms with Gasteiger partial charge in [0.2, 0.25) is 11.9 Å². The van der Waals surface area contributed by atoms with Crippen LogP contribution in [0.25, 0.3) is 0 Å². The van der Waals surface area contributed by atoms with E-state index >= 15 is 0 Å². The van der Waals surface area contributed by atoms with Crippen molar-refractivity contribution >= 4 is 23.5 Å². The van der Waals surface area contributed by atoms with Crippen LogP contribution in [0, 0.1) is 23.6 Å². The van der Waals surface area contributed by atoms with Crippen molar-refractivity contribution in [3.05, 3.63) is 47.0 Å². The summed E-state index contributed by atoms with van der Waals surface area (Å²) in [6.07, 6.45) is 7.86. The van der Waals surface area contributed by atoms with Crippen molar-refractivity contribution in [2.75, 3.05) is 51.9 Å². The SMILES string of the molecule is COCCN(C)C(=O)Cc1ccc(OCC[C@@H]2C[C@@H]2C2CCN(c3ncc(Cl)cn3)CC2)cc1F. The minimum absolute atomic E-state index is 0.0268. The zero-order valence-corrected chi connectivity index (χ0v) is 21.2. The number of carbonyl (C=O) groups is 1. The van der Waals surface area contributed by atoms with Crippen LogP contribution in [0.15, 0.2) is 30.6 Å². The van der Waals surface area contributed by atoms with E-state index in [-0.39, 0.29) is 12.3 Å². The molecule has 1 aromatic carbocycles. The maximum absolute atomic E-state index is 14.5. The van der Waals surface area contributed by atoms with E-state index < -0.39 is 5.82 Å². The predicted octanol–water partition coefficient (Wildman–Crippen LogP) is 4.24. The lowest BCUT2D eigenvalue weighted by Crippen LogP contribution is -2.35. The summed E-state index contributed by atoms with van der Waals surface area (Å²) in [7, 11) is 3.28. The van der Waals surface area contributed by atoms with E-state index in [9.17, 15) is 9.18 Å². The molecule has 0 radical (unpaired) electrons. The van der Waals surface area contributed by atoms with Gasteiger partial charge in [0.15, 0.2) is 0 Å². The molecule has 1 amide bonds. The van der Waals surface area contributed by atoms with Crippen LogP contribution >= 0.6 is 11.6 Å². The van der Waals surface area contributed by atoms with Crippen molar-refractivity contribution in [2.24, 2.45) is 17.8 Å². The minimum atomic E-state index is -0.406. The molecule has 1 aromatic heterocycles. The molecule has 0 spiro atoms. The second-order valence-electron chi connectivity index (χ2n) is 9.56. The van der Waals surface area contributed by atoms with Crippen LogP contribution in [-0.2, 0) is 16.0 Å². The fourth-order valence-electron chi connectivity index (χ4n) is 4.92. The van der Waals surface area contributed by atoms with Gasteiger partial charge >= 0.3 is 0 Å². The van der Waals surface area contributed by atoms with E-state index in [1.165, 1.54) is 12.5 Å². The lowest BCUT2D eigenvalue weighted by atomic mass is 9.90. The van der Waals surface area contributed by atoms with E-state index in [1.54, 1.807) is 43.6 Å². The number of ether oxygens (including phenoxy) is 2. The van der Waals surface area contributed by atoms with Crippen LogP contribution in [0.1, 0.15) is 31.2 Å². The number of likely N-dealkylation sites (N-methyl/N-ethyl adjacent to an activating group) is 1. The third-order valence-corrected chi connectivity index (χ3v) is 7.39. The molecule has 0 unspecified atom stereocenters. The number of aromatic nitrogens is 2. The molecule has 2 fully saturated rings. The first-order chi connectivity index (χ1) is 16.9. The summed E-state index contributed by atoms with van der Waals surface area (Å²) in [5.41, 5.74) is 0.379. The maximum Gasteiger partial charge on any atom is 0.226 e. The van der Waals surface area contributed by atoms with Gasteiger partial charge in [-0.1, -0.05) is 17.7 Å². The summed E-state index contributed by atoms with van der Waals surface area (Å²) in [6, 6.07) is 4.78. The van der Waals surface area contributed by atoms with Crippen molar-refractivity contribution < 1.29 is 18.7 Å². The lowest BCUT2D eigenvalue weighted by Gasteiger charge is -2.32. The predicted molar refractivity (Wildman–Crippen MR) is 133 cm³/mol. The lowest BCUT2D eigenvalue weighted by molar-refractivity contribution is -0.129. The Kier molecular flexibility index (Phi) is 8.78. The van der Waals surface area contributed by atoms with Gasteiger partial charge in [0.05, 0.1) is 37.1 Å². The van der Waals surface area contributed by atoms with E-state index in [1.807, 2.05) is 0 Å². The molecule has 1 saturated carbocycles. The fourth-order valence-corrected chi connectivity index (χ4v) is 5.01. The third kappa shape index (κ3) is 7.04. The Morgan fingerprint density at radius 3 is 2.66 bits per heavy atom. The van der Waals surface area contributed by atoms with Gasteiger partial charge in [-0.3, -0.25) is 4.79 Å². The smallest absolute Gasteiger partial charge is 0.226 e. The van der Waals surface area contributed by atoms with Crippen molar-refractivity contribution in [3.63, 3.8) is 0 Å². The number of hydrogen-bond donors (Lipinski definition) is 0. The summed E-state index contributed by atoms with van der Waals surface area (Å²) in [5, 5.41) is 0.557. The number of piperidine rings is 1. The summed E-state index contributed by atoms with van der Waals surface area (Å²) < 4.78 is 25.3. The summed E-state index contributed by atoms with van der Waals surface area (Å²) in [4.78, 5) is 24.7. The van der Waals surface area contributed by atoms with Crippen molar-refractivity contribution in [2.45, 2.75) is 32.1 Å². The second-order valence-corrected chi connectivity index (χ2v) is 10.00. The monoisotopic (exact) mass is 504 g/mol. The van der Waals surface area contributed by atoms with Crippen LogP contribution in [0.4, 0.5) is 10.3 Å². The van der Waals surface area contributed by atoms with E-state index in [2.05, 4.69) is 14.9 Å². The molecule has 0 bridgehead atoms. The highest BCUT2D eigenvalue weighted by Gasteiger charge is 2.43. The van der Waals surface area contributed by atoms with Gasteiger partial charge in [-0.2, -0.15) is 0 Å². The Morgan fingerprint density at radius 1 is 1.23 bits per heavy atom. The number of carbonyl (C=O) groups excluding carboxylic acids is 1. The van der Waals surface area contributed by atoms with Crippen LogP contribution in [0.2, 0.25) is 5.02 Å². The van der Waals surface area contributed by atoms with E-state index in [0.29, 0.717) is 42.0 Å². The Morgan fingerprint density at radius 2 is 1.97 bits per heavy atom. The van der Waals surface area contributed by atoms with Crippen molar-refractivity contribution in [1.82, 2.24) is 14.9 Å².